The summed E-state index contributed by atoms with van der Waals surface area (Å²) in [5.41, 5.74) is 1.28. The SMILES string of the molecule is CCCOc1ccc(Br)cc1CCC1OC1CC. The van der Waals surface area contributed by atoms with Crippen LogP contribution in [-0.2, 0) is 11.2 Å². The molecule has 3 heteroatoms. The molecule has 1 aromatic rings. The third-order valence-electron chi connectivity index (χ3n) is 3.27. The summed E-state index contributed by atoms with van der Waals surface area (Å²) in [5, 5.41) is 0. The minimum atomic E-state index is 0.466. The van der Waals surface area contributed by atoms with E-state index >= 15 is 0 Å². The van der Waals surface area contributed by atoms with Crippen LogP contribution >= 0.6 is 15.9 Å². The number of hydrogen-bond acceptors (Lipinski definition) is 2. The Bertz CT molecular complexity index is 392. The Morgan fingerprint density at radius 2 is 2.11 bits per heavy atom. The fraction of sp³-hybridized carbons (Fsp3) is 0.600. The zero-order valence-corrected chi connectivity index (χ0v) is 12.7. The van der Waals surface area contributed by atoms with Gasteiger partial charge in [0.25, 0.3) is 0 Å². The number of ether oxygens (including phenoxy) is 2. The molecule has 18 heavy (non-hydrogen) atoms. The Labute approximate surface area is 118 Å². The van der Waals surface area contributed by atoms with Crippen LogP contribution in [0.3, 0.4) is 0 Å². The Hall–Kier alpha value is -0.540. The van der Waals surface area contributed by atoms with Crippen molar-refractivity contribution in [3.05, 3.63) is 28.2 Å². The van der Waals surface area contributed by atoms with Gasteiger partial charge in [-0.2, -0.15) is 0 Å². The summed E-state index contributed by atoms with van der Waals surface area (Å²) in [6.45, 7) is 5.09. The second-order valence-corrected chi connectivity index (χ2v) is 5.68. The summed E-state index contributed by atoms with van der Waals surface area (Å²) >= 11 is 3.53. The first-order chi connectivity index (χ1) is 8.74. The molecule has 2 atom stereocenters. The van der Waals surface area contributed by atoms with Crippen LogP contribution in [0.5, 0.6) is 5.75 Å². The van der Waals surface area contributed by atoms with Crippen molar-refractivity contribution in [3.8, 4) is 5.75 Å². The normalized spacial score (nSPS) is 21.9. The standard InChI is InChI=1S/C15H21BrO2/c1-3-9-17-14-8-6-12(16)10-11(14)5-7-15-13(4-2)18-15/h6,8,10,13,15H,3-5,7,9H2,1-2H3. The first-order valence-electron chi connectivity index (χ1n) is 6.81. The van der Waals surface area contributed by atoms with Crippen LogP contribution < -0.4 is 4.74 Å². The van der Waals surface area contributed by atoms with E-state index in [4.69, 9.17) is 9.47 Å². The van der Waals surface area contributed by atoms with E-state index in [2.05, 4.69) is 41.9 Å². The maximum absolute atomic E-state index is 5.79. The van der Waals surface area contributed by atoms with Crippen molar-refractivity contribution in [2.45, 2.75) is 51.7 Å². The number of benzene rings is 1. The lowest BCUT2D eigenvalue weighted by molar-refractivity contribution is 0.312. The average Bonchev–Trinajstić information content (AvgIpc) is 3.14. The minimum Gasteiger partial charge on any atom is -0.493 e. The summed E-state index contributed by atoms with van der Waals surface area (Å²) < 4.78 is 12.5. The van der Waals surface area contributed by atoms with Gasteiger partial charge >= 0.3 is 0 Å². The average molecular weight is 313 g/mol. The highest BCUT2D eigenvalue weighted by Gasteiger charge is 2.36. The zero-order valence-electron chi connectivity index (χ0n) is 11.1. The molecule has 0 spiro atoms. The topological polar surface area (TPSA) is 21.8 Å². The first-order valence-corrected chi connectivity index (χ1v) is 7.60. The van der Waals surface area contributed by atoms with Gasteiger partial charge in [0, 0.05) is 4.47 Å². The summed E-state index contributed by atoms with van der Waals surface area (Å²) in [6.07, 6.45) is 5.25. The van der Waals surface area contributed by atoms with Gasteiger partial charge < -0.3 is 9.47 Å². The molecule has 0 saturated carbocycles. The largest absolute Gasteiger partial charge is 0.493 e. The van der Waals surface area contributed by atoms with Crippen LogP contribution in [0.2, 0.25) is 0 Å². The Morgan fingerprint density at radius 3 is 2.78 bits per heavy atom. The number of aryl methyl sites for hydroxylation is 1. The highest BCUT2D eigenvalue weighted by atomic mass is 79.9. The molecule has 2 unspecified atom stereocenters. The van der Waals surface area contributed by atoms with Gasteiger partial charge in [-0.3, -0.25) is 0 Å². The molecule has 0 aromatic heterocycles. The van der Waals surface area contributed by atoms with E-state index in [0.29, 0.717) is 12.2 Å². The van der Waals surface area contributed by atoms with Crippen LogP contribution in [-0.4, -0.2) is 18.8 Å². The highest BCUT2D eigenvalue weighted by molar-refractivity contribution is 9.10. The molecule has 1 aliphatic rings. The van der Waals surface area contributed by atoms with Gasteiger partial charge in [0.1, 0.15) is 5.75 Å². The Balaban J connectivity index is 1.94. The zero-order chi connectivity index (χ0) is 13.0. The van der Waals surface area contributed by atoms with Gasteiger partial charge in [0.15, 0.2) is 0 Å². The molecule has 0 aliphatic carbocycles. The predicted octanol–water partition coefficient (Wildman–Crippen LogP) is 4.35. The van der Waals surface area contributed by atoms with Crippen molar-refractivity contribution >= 4 is 15.9 Å². The quantitative estimate of drug-likeness (QED) is 0.698. The number of rotatable bonds is 7. The molecule has 100 valence electrons. The number of hydrogen-bond donors (Lipinski definition) is 0. The lowest BCUT2D eigenvalue weighted by atomic mass is 10.1. The molecule has 2 rings (SSSR count). The number of halogens is 1. The maximum atomic E-state index is 5.79. The Morgan fingerprint density at radius 1 is 1.28 bits per heavy atom. The van der Waals surface area contributed by atoms with Crippen LogP contribution in [0.15, 0.2) is 22.7 Å². The van der Waals surface area contributed by atoms with E-state index in [1.165, 1.54) is 5.56 Å². The lowest BCUT2D eigenvalue weighted by Gasteiger charge is -2.11. The Kier molecular flexibility index (Phi) is 5.07. The lowest BCUT2D eigenvalue weighted by Crippen LogP contribution is -2.01. The summed E-state index contributed by atoms with van der Waals surface area (Å²) in [7, 11) is 0. The smallest absolute Gasteiger partial charge is 0.122 e. The van der Waals surface area contributed by atoms with Crippen LogP contribution in [0.1, 0.15) is 38.7 Å². The van der Waals surface area contributed by atoms with Gasteiger partial charge in [-0.1, -0.05) is 29.8 Å². The molecule has 1 aliphatic heterocycles. The second kappa shape index (κ2) is 6.58. The molecule has 2 nitrogen and oxygen atoms in total. The molecule has 1 aromatic carbocycles. The highest BCUT2D eigenvalue weighted by Crippen LogP contribution is 2.31. The van der Waals surface area contributed by atoms with Crippen LogP contribution in [0.25, 0.3) is 0 Å². The van der Waals surface area contributed by atoms with Gasteiger partial charge in [-0.25, -0.2) is 0 Å². The van der Waals surface area contributed by atoms with Crippen molar-refractivity contribution < 1.29 is 9.47 Å². The third kappa shape index (κ3) is 3.72. The van der Waals surface area contributed by atoms with Gasteiger partial charge in [0.2, 0.25) is 0 Å². The minimum absolute atomic E-state index is 0.466. The fourth-order valence-corrected chi connectivity index (χ4v) is 2.59. The predicted molar refractivity (Wildman–Crippen MR) is 77.2 cm³/mol. The first kappa shape index (κ1) is 13.9. The monoisotopic (exact) mass is 312 g/mol. The van der Waals surface area contributed by atoms with E-state index in [1.54, 1.807) is 0 Å². The van der Waals surface area contributed by atoms with Crippen LogP contribution in [0.4, 0.5) is 0 Å². The molecule has 0 bridgehead atoms. The van der Waals surface area contributed by atoms with Crippen molar-refractivity contribution in [2.24, 2.45) is 0 Å². The van der Waals surface area contributed by atoms with E-state index in [1.807, 2.05) is 6.07 Å². The molecular weight excluding hydrogens is 292 g/mol. The number of epoxide rings is 1. The van der Waals surface area contributed by atoms with Gasteiger partial charge in [0.05, 0.1) is 18.8 Å². The van der Waals surface area contributed by atoms with Crippen molar-refractivity contribution in [2.75, 3.05) is 6.61 Å². The van der Waals surface area contributed by atoms with E-state index in [9.17, 15) is 0 Å². The second-order valence-electron chi connectivity index (χ2n) is 4.76. The summed E-state index contributed by atoms with van der Waals surface area (Å²) in [6, 6.07) is 6.26. The molecule has 1 fully saturated rings. The van der Waals surface area contributed by atoms with E-state index < -0.39 is 0 Å². The van der Waals surface area contributed by atoms with Crippen molar-refractivity contribution in [1.29, 1.82) is 0 Å². The molecule has 0 amide bonds. The molecular formula is C15H21BrO2. The van der Waals surface area contributed by atoms with Gasteiger partial charge in [-0.05, 0) is 49.4 Å². The van der Waals surface area contributed by atoms with Crippen molar-refractivity contribution in [3.63, 3.8) is 0 Å². The molecule has 1 heterocycles. The third-order valence-corrected chi connectivity index (χ3v) is 3.77. The van der Waals surface area contributed by atoms with Crippen molar-refractivity contribution in [1.82, 2.24) is 0 Å². The van der Waals surface area contributed by atoms with Crippen LogP contribution in [0, 0.1) is 0 Å². The van der Waals surface area contributed by atoms with Gasteiger partial charge in [-0.15, -0.1) is 0 Å². The van der Waals surface area contributed by atoms with E-state index in [-0.39, 0.29) is 0 Å². The maximum Gasteiger partial charge on any atom is 0.122 e. The molecule has 0 N–H and O–H groups in total. The van der Waals surface area contributed by atoms with E-state index in [0.717, 1.165) is 42.5 Å². The molecule has 1 saturated heterocycles. The molecule has 0 radical (unpaired) electrons. The summed E-state index contributed by atoms with van der Waals surface area (Å²) in [5.74, 6) is 1.02. The fourth-order valence-electron chi connectivity index (χ4n) is 2.19. The summed E-state index contributed by atoms with van der Waals surface area (Å²) in [4.78, 5) is 0.